The summed E-state index contributed by atoms with van der Waals surface area (Å²) in [5.74, 6) is 0. The number of benzene rings is 2. The van der Waals surface area contributed by atoms with Gasteiger partial charge >= 0.3 is 0 Å². The first-order chi connectivity index (χ1) is 9.74. The third-order valence-corrected chi connectivity index (χ3v) is 3.43. The molecule has 0 radical (unpaired) electrons. The lowest BCUT2D eigenvalue weighted by atomic mass is 10.0. The molecule has 0 amide bonds. The van der Waals surface area contributed by atoms with Crippen LogP contribution in [0.1, 0.15) is 11.7 Å². The molecule has 0 spiro atoms. The van der Waals surface area contributed by atoms with E-state index in [-0.39, 0.29) is 12.1 Å². The summed E-state index contributed by atoms with van der Waals surface area (Å²) < 4.78 is 1.51. The number of hydrogen-bond acceptors (Lipinski definition) is 2. The predicted molar refractivity (Wildman–Crippen MR) is 79.6 cm³/mol. The Hall–Kier alpha value is -2.39. The molecule has 100 valence electrons. The molecule has 1 unspecified atom stereocenters. The van der Waals surface area contributed by atoms with E-state index in [0.717, 1.165) is 16.3 Å². The molecular weight excluding hydrogens is 250 g/mol. The first kappa shape index (κ1) is 12.6. The van der Waals surface area contributed by atoms with Gasteiger partial charge in [0.15, 0.2) is 0 Å². The van der Waals surface area contributed by atoms with Gasteiger partial charge in [-0.15, -0.1) is 0 Å². The molecule has 0 saturated heterocycles. The Bertz CT molecular complexity index is 792. The average molecular weight is 265 g/mol. The first-order valence-corrected chi connectivity index (χ1v) is 6.56. The molecule has 0 aliphatic rings. The molecule has 3 nitrogen and oxygen atoms in total. The van der Waals surface area contributed by atoms with E-state index in [1.54, 1.807) is 18.3 Å². The number of hydrogen-bond donors (Lipinski definition) is 1. The lowest BCUT2D eigenvalue weighted by Gasteiger charge is -2.13. The summed E-state index contributed by atoms with van der Waals surface area (Å²) in [5, 5.41) is 12.5. The van der Waals surface area contributed by atoms with Crippen molar-refractivity contribution in [3.8, 4) is 0 Å². The van der Waals surface area contributed by atoms with Gasteiger partial charge < -0.3 is 9.67 Å². The third-order valence-electron chi connectivity index (χ3n) is 3.43. The van der Waals surface area contributed by atoms with Crippen LogP contribution in [0.25, 0.3) is 10.8 Å². The van der Waals surface area contributed by atoms with Crippen LogP contribution in [-0.2, 0) is 6.54 Å². The van der Waals surface area contributed by atoms with Crippen molar-refractivity contribution in [3.63, 3.8) is 0 Å². The quantitative estimate of drug-likeness (QED) is 0.791. The van der Waals surface area contributed by atoms with Gasteiger partial charge in [0.25, 0.3) is 5.56 Å². The van der Waals surface area contributed by atoms with Crippen molar-refractivity contribution in [2.75, 3.05) is 0 Å². The largest absolute Gasteiger partial charge is 0.387 e. The van der Waals surface area contributed by atoms with Gasteiger partial charge in [-0.1, -0.05) is 42.5 Å². The van der Waals surface area contributed by atoms with E-state index in [4.69, 9.17) is 0 Å². The molecular formula is C17H15NO2. The Balaban J connectivity index is 1.91. The highest BCUT2D eigenvalue weighted by Crippen LogP contribution is 2.21. The Kier molecular flexibility index (Phi) is 3.35. The molecule has 3 heteroatoms. The van der Waals surface area contributed by atoms with Crippen LogP contribution < -0.4 is 5.56 Å². The average Bonchev–Trinajstić information content (AvgIpc) is 2.49. The van der Waals surface area contributed by atoms with Gasteiger partial charge in [-0.3, -0.25) is 4.79 Å². The van der Waals surface area contributed by atoms with E-state index < -0.39 is 6.10 Å². The zero-order valence-electron chi connectivity index (χ0n) is 10.9. The van der Waals surface area contributed by atoms with Crippen LogP contribution in [0.15, 0.2) is 71.7 Å². The number of aromatic nitrogens is 1. The van der Waals surface area contributed by atoms with Crippen LogP contribution in [0.5, 0.6) is 0 Å². The molecule has 0 aliphatic carbocycles. The van der Waals surface area contributed by atoms with E-state index in [1.807, 2.05) is 42.5 Å². The minimum Gasteiger partial charge on any atom is -0.387 e. The first-order valence-electron chi connectivity index (χ1n) is 6.56. The Labute approximate surface area is 116 Å². The fraction of sp³-hybridized carbons (Fsp3) is 0.118. The second-order valence-corrected chi connectivity index (χ2v) is 4.81. The number of aliphatic hydroxyl groups is 1. The normalized spacial score (nSPS) is 12.4. The Morgan fingerprint density at radius 1 is 0.950 bits per heavy atom. The summed E-state index contributed by atoms with van der Waals surface area (Å²) >= 11 is 0. The number of pyridine rings is 1. The van der Waals surface area contributed by atoms with Crippen molar-refractivity contribution < 1.29 is 5.11 Å². The van der Waals surface area contributed by atoms with Gasteiger partial charge in [0.05, 0.1) is 12.6 Å². The second kappa shape index (κ2) is 5.31. The van der Waals surface area contributed by atoms with Gasteiger partial charge in [-0.05, 0) is 28.5 Å². The monoisotopic (exact) mass is 265 g/mol. The zero-order chi connectivity index (χ0) is 13.9. The maximum atomic E-state index is 11.7. The van der Waals surface area contributed by atoms with E-state index in [2.05, 4.69) is 0 Å². The van der Waals surface area contributed by atoms with Crippen LogP contribution >= 0.6 is 0 Å². The summed E-state index contributed by atoms with van der Waals surface area (Å²) in [5.41, 5.74) is 0.715. The summed E-state index contributed by atoms with van der Waals surface area (Å²) in [6.07, 6.45) is 0.992. The summed E-state index contributed by atoms with van der Waals surface area (Å²) in [6, 6.07) is 18.8. The van der Waals surface area contributed by atoms with Crippen molar-refractivity contribution in [1.29, 1.82) is 0 Å². The molecule has 1 heterocycles. The molecule has 2 aromatic carbocycles. The summed E-state index contributed by atoms with van der Waals surface area (Å²) in [4.78, 5) is 11.7. The summed E-state index contributed by atoms with van der Waals surface area (Å²) in [7, 11) is 0. The molecule has 0 fully saturated rings. The number of nitrogens with zero attached hydrogens (tertiary/aromatic N) is 1. The van der Waals surface area contributed by atoms with E-state index in [9.17, 15) is 9.90 Å². The van der Waals surface area contributed by atoms with Crippen molar-refractivity contribution in [3.05, 3.63) is 82.8 Å². The van der Waals surface area contributed by atoms with Crippen LogP contribution in [0.4, 0.5) is 0 Å². The number of rotatable bonds is 3. The SMILES string of the molecule is O=c1ccccn1CC(O)c1ccc2ccccc2c1. The highest BCUT2D eigenvalue weighted by molar-refractivity contribution is 5.83. The molecule has 0 saturated carbocycles. The van der Waals surface area contributed by atoms with Gasteiger partial charge in [-0.25, -0.2) is 0 Å². The molecule has 1 N–H and O–H groups in total. The fourth-order valence-electron chi connectivity index (χ4n) is 2.32. The van der Waals surface area contributed by atoms with Crippen LogP contribution in [0.3, 0.4) is 0 Å². The molecule has 0 bridgehead atoms. The predicted octanol–water partition coefficient (Wildman–Crippen LogP) is 2.74. The van der Waals surface area contributed by atoms with Gasteiger partial charge in [0.2, 0.25) is 0 Å². The maximum Gasteiger partial charge on any atom is 0.250 e. The van der Waals surface area contributed by atoms with Gasteiger partial charge in [0.1, 0.15) is 0 Å². The molecule has 3 rings (SSSR count). The molecule has 3 aromatic rings. The highest BCUT2D eigenvalue weighted by Gasteiger charge is 2.09. The Morgan fingerprint density at radius 3 is 2.50 bits per heavy atom. The topological polar surface area (TPSA) is 42.2 Å². The lowest BCUT2D eigenvalue weighted by molar-refractivity contribution is 0.155. The lowest BCUT2D eigenvalue weighted by Crippen LogP contribution is -2.21. The standard InChI is InChI=1S/C17H15NO2/c19-16(12-18-10-4-3-7-17(18)20)15-9-8-13-5-1-2-6-14(13)11-15/h1-11,16,19H,12H2. The second-order valence-electron chi connectivity index (χ2n) is 4.81. The van der Waals surface area contributed by atoms with Crippen LogP contribution in [-0.4, -0.2) is 9.67 Å². The van der Waals surface area contributed by atoms with Gasteiger partial charge in [0, 0.05) is 12.3 Å². The third kappa shape index (κ3) is 2.49. The van der Waals surface area contributed by atoms with E-state index in [1.165, 1.54) is 10.6 Å². The van der Waals surface area contributed by atoms with E-state index >= 15 is 0 Å². The molecule has 1 atom stereocenters. The minimum absolute atomic E-state index is 0.104. The molecule has 20 heavy (non-hydrogen) atoms. The van der Waals surface area contributed by atoms with Crippen LogP contribution in [0, 0.1) is 0 Å². The maximum absolute atomic E-state index is 11.7. The summed E-state index contributed by atoms with van der Waals surface area (Å²) in [6.45, 7) is 0.262. The Morgan fingerprint density at radius 2 is 1.70 bits per heavy atom. The zero-order valence-corrected chi connectivity index (χ0v) is 10.9. The van der Waals surface area contributed by atoms with Crippen molar-refractivity contribution >= 4 is 10.8 Å². The van der Waals surface area contributed by atoms with Crippen molar-refractivity contribution in [2.45, 2.75) is 12.6 Å². The van der Waals surface area contributed by atoms with Crippen molar-refractivity contribution in [1.82, 2.24) is 4.57 Å². The number of aliphatic hydroxyl groups excluding tert-OH is 1. The number of fused-ring (bicyclic) bond motifs is 1. The molecule has 1 aromatic heterocycles. The fourth-order valence-corrected chi connectivity index (χ4v) is 2.32. The smallest absolute Gasteiger partial charge is 0.250 e. The van der Waals surface area contributed by atoms with E-state index in [0.29, 0.717) is 0 Å². The van der Waals surface area contributed by atoms with Crippen molar-refractivity contribution in [2.24, 2.45) is 0 Å². The highest BCUT2D eigenvalue weighted by atomic mass is 16.3. The molecule has 0 aliphatic heterocycles. The van der Waals surface area contributed by atoms with Crippen LogP contribution in [0.2, 0.25) is 0 Å². The minimum atomic E-state index is -0.695. The van der Waals surface area contributed by atoms with Gasteiger partial charge in [-0.2, -0.15) is 0 Å².